The molecule has 0 aliphatic rings. The second-order valence-corrected chi connectivity index (χ2v) is 29.2. The van der Waals surface area contributed by atoms with Gasteiger partial charge in [-0.25, -0.2) is 24.3 Å². The van der Waals surface area contributed by atoms with Gasteiger partial charge in [0.25, 0.3) is 0 Å². The van der Waals surface area contributed by atoms with Crippen LogP contribution in [0, 0.1) is 9.39 Å². The van der Waals surface area contributed by atoms with Gasteiger partial charge in [0.05, 0.1) is 68.8 Å². The van der Waals surface area contributed by atoms with Crippen molar-refractivity contribution < 1.29 is 70.9 Å². The van der Waals surface area contributed by atoms with Crippen LogP contribution in [0.4, 0.5) is 27.1 Å². The number of hydrogen-bond acceptors (Lipinski definition) is 18. The van der Waals surface area contributed by atoms with Crippen molar-refractivity contribution in [3.8, 4) is 81.0 Å². The number of halogens is 7. The molecule has 0 unspecified atom stereocenters. The summed E-state index contributed by atoms with van der Waals surface area (Å²) in [6.45, 7) is 7.11. The number of amides is 4. The number of pyridine rings is 4. The van der Waals surface area contributed by atoms with Crippen molar-refractivity contribution in [1.29, 1.82) is 0 Å². The Bertz CT molecular complexity index is 5140. The van der Waals surface area contributed by atoms with Gasteiger partial charge in [-0.1, -0.05) is 66.2 Å². The van der Waals surface area contributed by atoms with E-state index in [1.54, 1.807) is 136 Å². The molecule has 12 aromatic rings. The molecule has 0 bridgehead atoms. The minimum atomic E-state index is -0.375. The first-order chi connectivity index (χ1) is 55.4. The van der Waals surface area contributed by atoms with Crippen molar-refractivity contribution in [2.75, 3.05) is 62.3 Å². The van der Waals surface area contributed by atoms with Crippen molar-refractivity contribution in [1.82, 2.24) is 19.9 Å². The zero-order valence-corrected chi connectivity index (χ0v) is 73.0. The van der Waals surface area contributed by atoms with E-state index in [-0.39, 0.29) is 48.4 Å². The van der Waals surface area contributed by atoms with Crippen molar-refractivity contribution in [2.45, 2.75) is 53.9 Å². The number of carbonyl (C=O) groups is 4. The fraction of sp³-hybridized carbons (Fsp3) is 0.163. The third-order valence-electron chi connectivity index (χ3n) is 16.6. The highest BCUT2D eigenvalue weighted by Gasteiger charge is 2.26. The lowest BCUT2D eigenvalue weighted by molar-refractivity contribution is -0.117. The maximum atomic E-state index is 13.2. The van der Waals surface area contributed by atoms with E-state index >= 15 is 0 Å². The second kappa shape index (κ2) is 43.6. The highest BCUT2D eigenvalue weighted by atomic mass is 127. The van der Waals surface area contributed by atoms with Gasteiger partial charge in [-0.3, -0.25) is 19.2 Å². The zero-order chi connectivity index (χ0) is 82.7. The SMILES string of the molecule is COc1ccc(OC)c(CN(C(C)=O)c2ccc(Br)nc2Oc2ccc(F)cc2)c1.COc1ccc(OC)c(CN(C(C)=O)c2ccc(Br)nc2Oc2ccc(I)cc2)c1.COc1ccccc1CN(C(C)=O)c1ccc(Br)nc1Oc1ccc(Cl)cc1.COc1ccccc1CN(C(C)=O)c1ccc(Br)nc1Oc1ccccc1. The summed E-state index contributed by atoms with van der Waals surface area (Å²) in [4.78, 5) is 74.0. The van der Waals surface area contributed by atoms with Gasteiger partial charge in [-0.2, -0.15) is 0 Å². The molecule has 0 aliphatic heterocycles. The Morgan fingerprint density at radius 2 is 0.600 bits per heavy atom. The summed E-state index contributed by atoms with van der Waals surface area (Å²) < 4.78 is 72.8. The first-order valence-corrected chi connectivity index (χ1v) is 39.5. The van der Waals surface area contributed by atoms with Crippen molar-refractivity contribution in [3.05, 3.63) is 292 Å². The van der Waals surface area contributed by atoms with Crippen LogP contribution >= 0.6 is 97.9 Å². The Balaban J connectivity index is 0.000000176. The molecule has 8 aromatic carbocycles. The van der Waals surface area contributed by atoms with E-state index in [0.29, 0.717) is 129 Å². The summed E-state index contributed by atoms with van der Waals surface area (Å²) >= 11 is 21.6. The summed E-state index contributed by atoms with van der Waals surface area (Å²) in [6.07, 6.45) is 0. The van der Waals surface area contributed by atoms with E-state index < -0.39 is 0 Å². The molecule has 0 radical (unpaired) electrons. The molecule has 4 heterocycles. The number of aromatic nitrogens is 4. The average Bonchev–Trinajstić information content (AvgIpc) is 0.833. The predicted octanol–water partition coefficient (Wildman–Crippen LogP) is 22.2. The highest BCUT2D eigenvalue weighted by Crippen LogP contribution is 2.41. The summed E-state index contributed by atoms with van der Waals surface area (Å²) in [7, 11) is 9.54. The maximum absolute atomic E-state index is 13.2. The molecule has 0 saturated carbocycles. The Hall–Kier alpha value is -10.9. The van der Waals surface area contributed by atoms with Crippen molar-refractivity contribution in [3.63, 3.8) is 0 Å². The van der Waals surface area contributed by atoms with Crippen LogP contribution in [0.15, 0.2) is 255 Å². The number of nitrogens with zero attached hydrogens (tertiary/aromatic N) is 8. The van der Waals surface area contributed by atoms with Gasteiger partial charge < -0.3 is 67.0 Å². The molecule has 0 aliphatic carbocycles. The van der Waals surface area contributed by atoms with Gasteiger partial charge in [-0.05, 0) is 268 Å². The molecule has 4 amide bonds. The van der Waals surface area contributed by atoms with Crippen LogP contribution in [0.25, 0.3) is 0 Å². The van der Waals surface area contributed by atoms with Crippen LogP contribution in [-0.2, 0) is 45.4 Å². The third kappa shape index (κ3) is 25.6. The molecule has 0 saturated heterocycles. The molecule has 0 atom stereocenters. The van der Waals surface area contributed by atoms with Crippen LogP contribution in [0.2, 0.25) is 5.02 Å². The average molecular weight is 1950 g/mol. The van der Waals surface area contributed by atoms with Crippen LogP contribution in [-0.4, -0.2) is 86.2 Å². The van der Waals surface area contributed by atoms with Crippen LogP contribution in [0.1, 0.15) is 49.9 Å². The molecular weight excluding hydrogens is 1870 g/mol. The van der Waals surface area contributed by atoms with E-state index in [0.717, 1.165) is 31.6 Å². The molecule has 22 nitrogen and oxygen atoms in total. The zero-order valence-electron chi connectivity index (χ0n) is 63.8. The molecule has 12 rings (SSSR count). The smallest absolute Gasteiger partial charge is 0.244 e. The van der Waals surface area contributed by atoms with Crippen LogP contribution in [0.3, 0.4) is 0 Å². The monoisotopic (exact) mass is 1940 g/mol. The topological polar surface area (TPSA) is 225 Å². The minimum absolute atomic E-state index is 0.122. The Labute approximate surface area is 718 Å². The lowest BCUT2D eigenvalue weighted by Gasteiger charge is -2.24. The predicted molar refractivity (Wildman–Crippen MR) is 464 cm³/mol. The fourth-order valence-electron chi connectivity index (χ4n) is 11.0. The fourth-order valence-corrected chi connectivity index (χ4v) is 12.7. The van der Waals surface area contributed by atoms with E-state index in [2.05, 4.69) is 106 Å². The number of methoxy groups -OCH3 is 6. The molecular formula is C86H77Br4ClFIN8O14. The summed E-state index contributed by atoms with van der Waals surface area (Å²) in [5, 5.41) is 0.608. The first-order valence-electron chi connectivity index (χ1n) is 34.9. The van der Waals surface area contributed by atoms with Gasteiger partial charge >= 0.3 is 0 Å². The minimum Gasteiger partial charge on any atom is -0.497 e. The Morgan fingerprint density at radius 3 is 0.913 bits per heavy atom. The number of rotatable bonds is 26. The molecule has 115 heavy (non-hydrogen) atoms. The van der Waals surface area contributed by atoms with E-state index in [1.807, 2.05) is 133 Å². The number of benzene rings is 8. The number of hydrogen-bond donors (Lipinski definition) is 0. The standard InChI is InChI=1S/C22H20BrFN2O4.C22H20BrIN2O4.C21H18BrClN2O3.C21H19BrN2O3/c2*1-14(27)26(13-15-12-18(28-2)8-10-20(15)29-3)19-9-11-21(23)25-22(19)30-17-6-4-16(24)5-7-17;1-14(26)25(13-15-5-3-4-6-19(15)27-2)18-11-12-20(22)24-21(18)28-17-9-7-16(23)8-10-17;1-15(25)24(14-16-8-6-7-11-19(16)26-2)18-12-13-20(22)23-21(18)27-17-9-4-3-5-10-17/h2*4-12H,13H2,1-3H3;3-12H,13H2,1-2H3;3-13H,14H2,1-2H3. The number of anilines is 4. The van der Waals surface area contributed by atoms with Gasteiger partial charge in [0.2, 0.25) is 47.1 Å². The third-order valence-corrected chi connectivity index (χ3v) is 19.4. The van der Waals surface area contributed by atoms with Gasteiger partial charge in [-0.15, -0.1) is 0 Å². The molecule has 0 spiro atoms. The second-order valence-electron chi connectivity index (χ2n) is 24.3. The van der Waals surface area contributed by atoms with Gasteiger partial charge in [0.1, 0.15) is 104 Å². The lowest BCUT2D eigenvalue weighted by Crippen LogP contribution is -2.28. The number of carbonyl (C=O) groups excluding carboxylic acids is 4. The first kappa shape index (κ1) is 88.1. The number of ether oxygens (including phenoxy) is 10. The molecule has 594 valence electrons. The summed E-state index contributed by atoms with van der Waals surface area (Å²) in [5.74, 6) is 6.43. The summed E-state index contributed by atoms with van der Waals surface area (Å²) in [5.41, 5.74) is 5.47. The normalized spacial score (nSPS) is 10.4. The van der Waals surface area contributed by atoms with Crippen molar-refractivity contribution in [2.24, 2.45) is 0 Å². The van der Waals surface area contributed by atoms with Gasteiger partial charge in [0, 0.05) is 58.5 Å². The van der Waals surface area contributed by atoms with E-state index in [1.165, 1.54) is 56.9 Å². The Kier molecular flexibility index (Phi) is 33.4. The molecule has 0 N–H and O–H groups in total. The van der Waals surface area contributed by atoms with Crippen LogP contribution in [0.5, 0.6) is 81.0 Å². The highest BCUT2D eigenvalue weighted by molar-refractivity contribution is 14.1. The molecule has 0 fully saturated rings. The summed E-state index contributed by atoms with van der Waals surface area (Å²) in [6, 6.07) is 69.6. The maximum Gasteiger partial charge on any atom is 0.244 e. The van der Waals surface area contributed by atoms with E-state index in [4.69, 9.17) is 59.0 Å². The quantitative estimate of drug-likeness (QED) is 0.0363. The largest absolute Gasteiger partial charge is 0.497 e. The van der Waals surface area contributed by atoms with Gasteiger partial charge in [0.15, 0.2) is 0 Å². The molecule has 29 heteroatoms. The lowest BCUT2D eigenvalue weighted by atomic mass is 10.1. The van der Waals surface area contributed by atoms with E-state index in [9.17, 15) is 23.6 Å². The van der Waals surface area contributed by atoms with Crippen molar-refractivity contribution >= 4 is 144 Å². The van der Waals surface area contributed by atoms with Crippen LogP contribution < -0.4 is 67.0 Å². The number of para-hydroxylation sites is 3. The molecule has 4 aromatic heterocycles. The Morgan fingerprint density at radius 1 is 0.330 bits per heavy atom.